The van der Waals surface area contributed by atoms with Gasteiger partial charge in [-0.15, -0.1) is 0 Å². The second kappa shape index (κ2) is 5.09. The molecule has 0 saturated heterocycles. The number of benzene rings is 1. The van der Waals surface area contributed by atoms with Gasteiger partial charge in [-0.25, -0.2) is 9.97 Å². The summed E-state index contributed by atoms with van der Waals surface area (Å²) in [6, 6.07) is 8.09. The van der Waals surface area contributed by atoms with Gasteiger partial charge in [0.15, 0.2) is 0 Å². The molecule has 0 aliphatic heterocycles. The maximum absolute atomic E-state index is 10.6. The van der Waals surface area contributed by atoms with Crippen LogP contribution in [0.25, 0.3) is 0 Å². The van der Waals surface area contributed by atoms with E-state index >= 15 is 0 Å². The van der Waals surface area contributed by atoms with Gasteiger partial charge in [0.05, 0.1) is 4.92 Å². The third-order valence-corrected chi connectivity index (χ3v) is 3.88. The molecular weight excluding hydrogens is 276 g/mol. The Morgan fingerprint density at radius 3 is 2.55 bits per heavy atom. The zero-order chi connectivity index (χ0) is 14.1. The number of hydrogen-bond acceptors (Lipinski definition) is 6. The SMILES string of the molecule is Nc1cc(Sc2ccc([N+](=O)[O-])cc2)nc(C2CC2)n1. The molecule has 3 rings (SSSR count). The highest BCUT2D eigenvalue weighted by atomic mass is 32.2. The van der Waals surface area contributed by atoms with Crippen LogP contribution in [0.5, 0.6) is 0 Å². The normalized spacial score (nSPS) is 14.2. The summed E-state index contributed by atoms with van der Waals surface area (Å²) >= 11 is 1.43. The lowest BCUT2D eigenvalue weighted by Gasteiger charge is -2.04. The molecule has 20 heavy (non-hydrogen) atoms. The van der Waals surface area contributed by atoms with E-state index in [-0.39, 0.29) is 5.69 Å². The lowest BCUT2D eigenvalue weighted by Crippen LogP contribution is -1.99. The highest BCUT2D eigenvalue weighted by Gasteiger charge is 2.27. The molecule has 0 bridgehead atoms. The monoisotopic (exact) mass is 288 g/mol. The molecule has 2 N–H and O–H groups in total. The number of aromatic nitrogens is 2. The minimum Gasteiger partial charge on any atom is -0.384 e. The highest BCUT2D eigenvalue weighted by Crippen LogP contribution is 2.39. The molecule has 0 radical (unpaired) electrons. The minimum atomic E-state index is -0.414. The molecule has 1 aromatic heterocycles. The predicted molar refractivity (Wildman–Crippen MR) is 75.6 cm³/mol. The molecule has 1 fully saturated rings. The molecule has 1 heterocycles. The number of nitrogens with two attached hydrogens (primary N) is 1. The van der Waals surface area contributed by atoms with Gasteiger partial charge in [0.2, 0.25) is 0 Å². The largest absolute Gasteiger partial charge is 0.384 e. The second-order valence-electron chi connectivity index (χ2n) is 4.62. The van der Waals surface area contributed by atoms with Gasteiger partial charge < -0.3 is 5.73 Å². The molecule has 1 aliphatic carbocycles. The first-order valence-corrected chi connectivity index (χ1v) is 7.00. The Hall–Kier alpha value is -2.15. The summed E-state index contributed by atoms with van der Waals surface area (Å²) in [5.41, 5.74) is 5.87. The minimum absolute atomic E-state index is 0.0789. The number of nitro groups is 1. The molecule has 1 aromatic carbocycles. The molecule has 0 amide bonds. The maximum Gasteiger partial charge on any atom is 0.269 e. The zero-order valence-corrected chi connectivity index (χ0v) is 11.3. The summed E-state index contributed by atoms with van der Waals surface area (Å²) in [6.07, 6.45) is 2.23. The second-order valence-corrected chi connectivity index (χ2v) is 5.71. The summed E-state index contributed by atoms with van der Waals surface area (Å²) < 4.78 is 0. The number of anilines is 1. The third kappa shape index (κ3) is 2.88. The van der Waals surface area contributed by atoms with Crippen molar-refractivity contribution in [2.45, 2.75) is 28.7 Å². The summed E-state index contributed by atoms with van der Waals surface area (Å²) in [7, 11) is 0. The van der Waals surface area contributed by atoms with Crippen LogP contribution in [0.1, 0.15) is 24.6 Å². The summed E-state index contributed by atoms with van der Waals surface area (Å²) in [5, 5.41) is 11.4. The van der Waals surface area contributed by atoms with Crippen molar-refractivity contribution in [3.05, 3.63) is 46.3 Å². The Morgan fingerprint density at radius 2 is 1.95 bits per heavy atom. The average Bonchev–Trinajstić information content (AvgIpc) is 3.23. The van der Waals surface area contributed by atoms with Crippen LogP contribution in [0.15, 0.2) is 40.3 Å². The molecule has 7 heteroatoms. The first-order valence-electron chi connectivity index (χ1n) is 6.18. The fourth-order valence-corrected chi connectivity index (χ4v) is 2.63. The number of nitrogens with zero attached hydrogens (tertiary/aromatic N) is 3. The number of hydrogen-bond donors (Lipinski definition) is 1. The van der Waals surface area contributed by atoms with E-state index in [2.05, 4.69) is 9.97 Å². The molecule has 1 aliphatic rings. The van der Waals surface area contributed by atoms with Crippen molar-refractivity contribution < 1.29 is 4.92 Å². The number of non-ortho nitro benzene ring substituents is 1. The van der Waals surface area contributed by atoms with Crippen molar-refractivity contribution >= 4 is 23.3 Å². The predicted octanol–water partition coefficient (Wildman–Crippen LogP) is 3.00. The molecule has 6 nitrogen and oxygen atoms in total. The van der Waals surface area contributed by atoms with E-state index in [1.165, 1.54) is 23.9 Å². The van der Waals surface area contributed by atoms with Crippen molar-refractivity contribution in [2.24, 2.45) is 0 Å². The topological polar surface area (TPSA) is 94.9 Å². The van der Waals surface area contributed by atoms with Gasteiger partial charge >= 0.3 is 0 Å². The summed E-state index contributed by atoms with van der Waals surface area (Å²) in [5.74, 6) is 1.70. The average molecular weight is 288 g/mol. The standard InChI is InChI=1S/C13H12N4O2S/c14-11-7-12(16-13(15-11)8-1-2-8)20-10-5-3-9(4-6-10)17(18)19/h3-8H,1-2H2,(H2,14,15,16). The quantitative estimate of drug-likeness (QED) is 0.528. The Labute approximate surface area is 119 Å². The van der Waals surface area contributed by atoms with Crippen molar-refractivity contribution in [1.29, 1.82) is 0 Å². The van der Waals surface area contributed by atoms with Crippen LogP contribution >= 0.6 is 11.8 Å². The van der Waals surface area contributed by atoms with Gasteiger partial charge in [-0.05, 0) is 25.0 Å². The van der Waals surface area contributed by atoms with Crippen LogP contribution in [0.3, 0.4) is 0 Å². The fourth-order valence-electron chi connectivity index (χ4n) is 1.79. The Balaban J connectivity index is 1.81. The number of rotatable bonds is 4. The van der Waals surface area contributed by atoms with Gasteiger partial charge in [-0.3, -0.25) is 10.1 Å². The van der Waals surface area contributed by atoms with Crippen LogP contribution in [-0.4, -0.2) is 14.9 Å². The molecule has 0 spiro atoms. The van der Waals surface area contributed by atoms with Gasteiger partial charge in [0.25, 0.3) is 5.69 Å². The molecule has 0 unspecified atom stereocenters. The smallest absolute Gasteiger partial charge is 0.269 e. The van der Waals surface area contributed by atoms with Gasteiger partial charge in [-0.1, -0.05) is 11.8 Å². The van der Waals surface area contributed by atoms with E-state index in [9.17, 15) is 10.1 Å². The fraction of sp³-hybridized carbons (Fsp3) is 0.231. The number of nitro benzene ring substituents is 1. The lowest BCUT2D eigenvalue weighted by atomic mass is 10.3. The van der Waals surface area contributed by atoms with E-state index in [1.54, 1.807) is 18.2 Å². The first kappa shape index (κ1) is 12.9. The summed E-state index contributed by atoms with van der Waals surface area (Å²) in [6.45, 7) is 0. The molecule has 0 atom stereocenters. The van der Waals surface area contributed by atoms with Crippen molar-refractivity contribution in [2.75, 3.05) is 5.73 Å². The van der Waals surface area contributed by atoms with E-state index in [1.807, 2.05) is 0 Å². The lowest BCUT2D eigenvalue weighted by molar-refractivity contribution is -0.384. The molecule has 1 saturated carbocycles. The summed E-state index contributed by atoms with van der Waals surface area (Å²) in [4.78, 5) is 19.8. The third-order valence-electron chi connectivity index (χ3n) is 2.95. The highest BCUT2D eigenvalue weighted by molar-refractivity contribution is 7.99. The Bertz CT molecular complexity index is 656. The van der Waals surface area contributed by atoms with Crippen LogP contribution in [0, 0.1) is 10.1 Å². The maximum atomic E-state index is 10.6. The van der Waals surface area contributed by atoms with Gasteiger partial charge in [0.1, 0.15) is 16.7 Å². The van der Waals surface area contributed by atoms with Crippen LogP contribution in [0.4, 0.5) is 11.5 Å². The molecule has 2 aromatic rings. The molecule has 102 valence electrons. The van der Waals surface area contributed by atoms with E-state index < -0.39 is 4.92 Å². The van der Waals surface area contributed by atoms with Crippen molar-refractivity contribution in [3.8, 4) is 0 Å². The van der Waals surface area contributed by atoms with Gasteiger partial charge in [0, 0.05) is 29.0 Å². The van der Waals surface area contributed by atoms with Crippen LogP contribution in [0.2, 0.25) is 0 Å². The molecular formula is C13H12N4O2S. The van der Waals surface area contributed by atoms with E-state index in [4.69, 9.17) is 5.73 Å². The van der Waals surface area contributed by atoms with Crippen molar-refractivity contribution in [3.63, 3.8) is 0 Å². The zero-order valence-electron chi connectivity index (χ0n) is 10.5. The van der Waals surface area contributed by atoms with Gasteiger partial charge in [-0.2, -0.15) is 0 Å². The van der Waals surface area contributed by atoms with Crippen LogP contribution < -0.4 is 5.73 Å². The number of nitrogen functional groups attached to an aromatic ring is 1. The van der Waals surface area contributed by atoms with E-state index in [0.29, 0.717) is 11.7 Å². The van der Waals surface area contributed by atoms with Crippen molar-refractivity contribution in [1.82, 2.24) is 9.97 Å². The van der Waals surface area contributed by atoms with Crippen LogP contribution in [-0.2, 0) is 0 Å². The Kier molecular flexibility index (Phi) is 3.27. The Morgan fingerprint density at radius 1 is 1.25 bits per heavy atom. The first-order chi connectivity index (χ1) is 9.61. The van der Waals surface area contributed by atoms with E-state index in [0.717, 1.165) is 28.6 Å².